The van der Waals surface area contributed by atoms with Gasteiger partial charge in [-0.05, 0) is 104 Å². The average molecular weight is 677 g/mol. The van der Waals surface area contributed by atoms with Gasteiger partial charge < -0.3 is 15.0 Å². The summed E-state index contributed by atoms with van der Waals surface area (Å²) in [5.74, 6) is 7.21. The second-order valence-corrected chi connectivity index (χ2v) is 12.8. The first kappa shape index (κ1) is 36.9. The number of amidine groups is 2. The topological polar surface area (TPSA) is 146 Å². The molecule has 2 aliphatic heterocycles. The molecule has 2 heterocycles. The Morgan fingerprint density at radius 1 is 0.720 bits per heavy atom. The van der Waals surface area contributed by atoms with Crippen LogP contribution >= 0.6 is 0 Å². The van der Waals surface area contributed by atoms with E-state index in [9.17, 15) is 9.59 Å². The predicted molar refractivity (Wildman–Crippen MR) is 196 cm³/mol. The van der Waals surface area contributed by atoms with Gasteiger partial charge in [-0.2, -0.15) is 4.99 Å². The van der Waals surface area contributed by atoms with Crippen molar-refractivity contribution in [3.8, 4) is 0 Å². The van der Waals surface area contributed by atoms with Crippen LogP contribution in [0.2, 0.25) is 0 Å². The highest BCUT2D eigenvalue weighted by atomic mass is 16.7. The molecule has 0 unspecified atom stereocenters. The quantitative estimate of drug-likeness (QED) is 0.114. The third-order valence-electron chi connectivity index (χ3n) is 7.41. The van der Waals surface area contributed by atoms with Crippen LogP contribution in [0.5, 0.6) is 0 Å². The van der Waals surface area contributed by atoms with Crippen molar-refractivity contribution in [2.45, 2.75) is 66.8 Å². The van der Waals surface area contributed by atoms with Crippen LogP contribution in [0.4, 0.5) is 16.2 Å². The lowest BCUT2D eigenvalue weighted by Crippen LogP contribution is -2.55. The van der Waals surface area contributed by atoms with Crippen LogP contribution < -0.4 is 16.6 Å². The summed E-state index contributed by atoms with van der Waals surface area (Å²) in [4.78, 5) is 36.3. The zero-order valence-electron chi connectivity index (χ0n) is 29.7. The highest BCUT2D eigenvalue weighted by Gasteiger charge is 2.40. The fourth-order valence-corrected chi connectivity index (χ4v) is 5.10. The van der Waals surface area contributed by atoms with E-state index in [-0.39, 0.29) is 6.03 Å². The van der Waals surface area contributed by atoms with Crippen LogP contribution in [-0.2, 0) is 14.5 Å². The molecular formula is C38H44N8O4. The first-order chi connectivity index (χ1) is 23.7. The number of isocyanates is 1. The summed E-state index contributed by atoms with van der Waals surface area (Å²) in [6, 6.07) is 30.2. The SMILES string of the molecule is Cc1cc(C)cc(C2=NOC(C)(C)N2N)c1.Cc1cc(C)cc(C2=NOC(C)(C)N2NC(=O)Nc2ccccc2)c1.O=C=Nc1ccccc1. The number of benzene rings is 4. The molecule has 4 N–H and O–H groups in total. The number of hydrogen-bond donors (Lipinski definition) is 3. The van der Waals surface area contributed by atoms with Gasteiger partial charge in [0, 0.05) is 16.8 Å². The molecule has 4 aromatic rings. The van der Waals surface area contributed by atoms with Crippen LogP contribution in [0.15, 0.2) is 112 Å². The van der Waals surface area contributed by atoms with Crippen LogP contribution in [0.25, 0.3) is 0 Å². The number of hydrazine groups is 2. The number of amides is 2. The van der Waals surface area contributed by atoms with Crippen molar-refractivity contribution >= 4 is 35.2 Å². The third-order valence-corrected chi connectivity index (χ3v) is 7.41. The number of nitrogens with zero attached hydrogens (tertiary/aromatic N) is 5. The lowest BCUT2D eigenvalue weighted by molar-refractivity contribution is -0.0805. The van der Waals surface area contributed by atoms with E-state index >= 15 is 0 Å². The highest BCUT2D eigenvalue weighted by Crippen LogP contribution is 2.26. The maximum Gasteiger partial charge on any atom is 0.338 e. The highest BCUT2D eigenvalue weighted by molar-refractivity contribution is 6.01. The first-order valence-electron chi connectivity index (χ1n) is 16.0. The van der Waals surface area contributed by atoms with Gasteiger partial charge in [0.05, 0.1) is 5.69 Å². The minimum absolute atomic E-state index is 0.359. The molecule has 4 aromatic carbocycles. The summed E-state index contributed by atoms with van der Waals surface area (Å²) in [6.07, 6.45) is 1.46. The molecule has 2 amide bonds. The van der Waals surface area contributed by atoms with Crippen molar-refractivity contribution in [3.63, 3.8) is 0 Å². The molecule has 0 radical (unpaired) electrons. The fourth-order valence-electron chi connectivity index (χ4n) is 5.10. The summed E-state index contributed by atoms with van der Waals surface area (Å²) in [6.45, 7) is 15.6. The zero-order chi connectivity index (χ0) is 36.5. The summed E-state index contributed by atoms with van der Waals surface area (Å²) in [7, 11) is 0. The van der Waals surface area contributed by atoms with Gasteiger partial charge in [0.1, 0.15) is 0 Å². The van der Waals surface area contributed by atoms with Crippen molar-refractivity contribution in [3.05, 3.63) is 130 Å². The molecule has 50 heavy (non-hydrogen) atoms. The second-order valence-electron chi connectivity index (χ2n) is 12.8. The number of oxime groups is 2. The summed E-state index contributed by atoms with van der Waals surface area (Å²) < 4.78 is 0. The molecular weight excluding hydrogens is 632 g/mol. The number of carbonyl (C=O) groups is 1. The van der Waals surface area contributed by atoms with Crippen LogP contribution in [0, 0.1) is 27.7 Å². The second kappa shape index (κ2) is 16.0. The number of para-hydroxylation sites is 2. The van der Waals surface area contributed by atoms with E-state index in [0.717, 1.165) is 22.3 Å². The van der Waals surface area contributed by atoms with Gasteiger partial charge >= 0.3 is 6.03 Å². The average Bonchev–Trinajstić information content (AvgIpc) is 3.50. The molecule has 0 aromatic heterocycles. The molecule has 0 spiro atoms. The molecule has 0 saturated heterocycles. The Morgan fingerprint density at radius 3 is 1.66 bits per heavy atom. The van der Waals surface area contributed by atoms with E-state index in [0.29, 0.717) is 23.0 Å². The number of nitrogens with two attached hydrogens (primary N) is 1. The standard InChI is InChI=1S/C19H22N4O2.C12H17N3O.C7H5NO/c1-13-10-14(2)12-15(11-13)17-22-25-19(3,4)23(17)21-18(24)20-16-8-6-5-7-9-16;1-8-5-9(2)7-10(6-8)11-14-16-12(3,4)15(11)13;9-6-8-7-4-2-1-3-5-7/h5-12H,1-4H3,(H2,20,21,24);5-7H,13H2,1-4H3;1-5H. The van der Waals surface area contributed by atoms with Gasteiger partial charge in [0.15, 0.2) is 11.7 Å². The number of nitrogens with one attached hydrogen (secondary N) is 2. The number of anilines is 1. The molecule has 12 heteroatoms. The summed E-state index contributed by atoms with van der Waals surface area (Å²) in [5.41, 5.74) is 9.33. The van der Waals surface area contributed by atoms with Gasteiger partial charge in [-0.3, -0.25) is 0 Å². The van der Waals surface area contributed by atoms with Gasteiger partial charge in [-0.15, -0.1) is 0 Å². The van der Waals surface area contributed by atoms with Gasteiger partial charge in [0.25, 0.3) is 0 Å². The molecule has 0 bridgehead atoms. The lowest BCUT2D eigenvalue weighted by Gasteiger charge is -2.31. The van der Waals surface area contributed by atoms with Crippen LogP contribution in [-0.4, -0.2) is 45.3 Å². The summed E-state index contributed by atoms with van der Waals surface area (Å²) >= 11 is 0. The molecule has 260 valence electrons. The first-order valence-corrected chi connectivity index (χ1v) is 16.0. The van der Waals surface area contributed by atoms with E-state index in [2.05, 4.69) is 64.2 Å². The van der Waals surface area contributed by atoms with Crippen molar-refractivity contribution in [1.82, 2.24) is 15.4 Å². The Morgan fingerprint density at radius 2 is 1.18 bits per heavy atom. The molecule has 0 atom stereocenters. The maximum atomic E-state index is 12.4. The number of rotatable bonds is 5. The molecule has 2 aliphatic rings. The van der Waals surface area contributed by atoms with Crippen molar-refractivity contribution in [2.75, 3.05) is 5.32 Å². The van der Waals surface area contributed by atoms with Crippen LogP contribution in [0.1, 0.15) is 61.1 Å². The van der Waals surface area contributed by atoms with E-state index in [1.165, 1.54) is 17.2 Å². The fraction of sp³-hybridized carbons (Fsp3) is 0.263. The minimum atomic E-state index is -0.791. The monoisotopic (exact) mass is 676 g/mol. The number of urea groups is 1. The van der Waals surface area contributed by atoms with Gasteiger partial charge in [0.2, 0.25) is 17.5 Å². The molecule has 0 fully saturated rings. The molecule has 6 rings (SSSR count). The van der Waals surface area contributed by atoms with Gasteiger partial charge in [-0.1, -0.05) is 81.1 Å². The van der Waals surface area contributed by atoms with Gasteiger partial charge in [-0.25, -0.2) is 30.9 Å². The normalized spacial score (nSPS) is 15.0. The lowest BCUT2D eigenvalue weighted by atomic mass is 10.1. The van der Waals surface area contributed by atoms with E-state index in [4.69, 9.17) is 15.5 Å². The number of hydrogen-bond acceptors (Lipinski definition) is 10. The number of carbonyl (C=O) groups excluding carboxylic acids is 2. The Bertz CT molecular complexity index is 1860. The number of aryl methyl sites for hydroxylation is 4. The van der Waals surface area contributed by atoms with E-state index in [1.54, 1.807) is 22.2 Å². The maximum absolute atomic E-state index is 12.4. The van der Waals surface area contributed by atoms with E-state index in [1.807, 2.05) is 102 Å². The Labute approximate surface area is 293 Å². The zero-order valence-corrected chi connectivity index (χ0v) is 29.7. The molecule has 0 aliphatic carbocycles. The molecule has 12 nitrogen and oxygen atoms in total. The molecule has 0 saturated carbocycles. The van der Waals surface area contributed by atoms with E-state index < -0.39 is 11.4 Å². The van der Waals surface area contributed by atoms with Crippen LogP contribution in [0.3, 0.4) is 0 Å². The van der Waals surface area contributed by atoms with Crippen molar-refractivity contribution < 1.29 is 19.3 Å². The Balaban J connectivity index is 0.000000191. The summed E-state index contributed by atoms with van der Waals surface area (Å²) in [5, 5.41) is 14.2. The Kier molecular flexibility index (Phi) is 11.8. The third kappa shape index (κ3) is 9.79. The van der Waals surface area contributed by atoms with Crippen molar-refractivity contribution in [1.29, 1.82) is 0 Å². The largest absolute Gasteiger partial charge is 0.364 e. The van der Waals surface area contributed by atoms with Crippen molar-refractivity contribution in [2.24, 2.45) is 21.1 Å². The smallest absolute Gasteiger partial charge is 0.338 e. The number of aliphatic imine (C=N–C) groups is 1. The Hall–Kier alpha value is -5.97. The predicted octanol–water partition coefficient (Wildman–Crippen LogP) is 7.33. The minimum Gasteiger partial charge on any atom is -0.364 e.